The van der Waals surface area contributed by atoms with E-state index in [1.54, 1.807) is 11.3 Å². The van der Waals surface area contributed by atoms with E-state index in [2.05, 4.69) is 55.4 Å². The van der Waals surface area contributed by atoms with Crippen molar-refractivity contribution in [2.24, 2.45) is 5.41 Å². The summed E-state index contributed by atoms with van der Waals surface area (Å²) in [4.78, 5) is 16.6. The van der Waals surface area contributed by atoms with Crippen LogP contribution in [-0.2, 0) is 4.79 Å². The molecular weight excluding hydrogens is 280 g/mol. The van der Waals surface area contributed by atoms with Gasteiger partial charge >= 0.3 is 0 Å². The van der Waals surface area contributed by atoms with Crippen LogP contribution in [0.4, 0.5) is 0 Å². The molecule has 1 amide bonds. The molecule has 1 aromatic heterocycles. The van der Waals surface area contributed by atoms with Crippen molar-refractivity contribution in [3.8, 4) is 0 Å². The highest BCUT2D eigenvalue weighted by molar-refractivity contribution is 7.10. The number of nitrogens with one attached hydrogen (secondary N) is 1. The van der Waals surface area contributed by atoms with Crippen molar-refractivity contribution in [1.29, 1.82) is 0 Å². The van der Waals surface area contributed by atoms with Gasteiger partial charge in [-0.3, -0.25) is 10.1 Å². The molecule has 4 heteroatoms. The van der Waals surface area contributed by atoms with Gasteiger partial charge in [0.25, 0.3) is 0 Å². The first-order valence-corrected chi connectivity index (χ1v) is 8.87. The van der Waals surface area contributed by atoms with E-state index in [0.717, 1.165) is 25.7 Å². The fourth-order valence-electron chi connectivity index (χ4n) is 3.57. The van der Waals surface area contributed by atoms with Crippen molar-refractivity contribution in [2.75, 3.05) is 0 Å². The summed E-state index contributed by atoms with van der Waals surface area (Å²) in [6.45, 7) is 8.84. The molecule has 1 aromatic rings. The minimum atomic E-state index is -0.297. The van der Waals surface area contributed by atoms with Gasteiger partial charge in [-0.15, -0.1) is 11.3 Å². The van der Waals surface area contributed by atoms with Crippen LogP contribution >= 0.6 is 11.3 Å². The maximum atomic E-state index is 13.2. The second-order valence-electron chi connectivity index (χ2n) is 7.61. The van der Waals surface area contributed by atoms with Crippen LogP contribution in [0.3, 0.4) is 0 Å². The van der Waals surface area contributed by atoms with Crippen molar-refractivity contribution in [1.82, 2.24) is 10.2 Å². The second kappa shape index (κ2) is 5.10. The summed E-state index contributed by atoms with van der Waals surface area (Å²) in [7, 11) is 0. The van der Waals surface area contributed by atoms with Gasteiger partial charge < -0.3 is 4.90 Å². The van der Waals surface area contributed by atoms with Gasteiger partial charge in [0.15, 0.2) is 0 Å². The summed E-state index contributed by atoms with van der Waals surface area (Å²) < 4.78 is 0. The van der Waals surface area contributed by atoms with E-state index in [1.807, 2.05) is 0 Å². The largest absolute Gasteiger partial charge is 0.317 e. The molecule has 1 aliphatic heterocycles. The lowest BCUT2D eigenvalue weighted by Crippen LogP contribution is -2.48. The van der Waals surface area contributed by atoms with Gasteiger partial charge in [0.1, 0.15) is 6.17 Å². The molecule has 2 fully saturated rings. The SMILES string of the molecule is CC(N1C(=O)C2(CCCC2)NC1c1cccs1)C(C)(C)C. The Morgan fingerprint density at radius 3 is 2.57 bits per heavy atom. The van der Waals surface area contributed by atoms with Crippen LogP contribution in [0, 0.1) is 5.41 Å². The first kappa shape index (κ1) is 15.0. The number of rotatable bonds is 2. The van der Waals surface area contributed by atoms with Gasteiger partial charge in [0.05, 0.1) is 5.54 Å². The average Bonchev–Trinajstić information content (AvgIpc) is 3.12. The molecule has 1 saturated carbocycles. The van der Waals surface area contributed by atoms with Gasteiger partial charge in [-0.25, -0.2) is 0 Å². The molecular formula is C17H26N2OS. The molecule has 1 spiro atoms. The lowest BCUT2D eigenvalue weighted by atomic mass is 9.86. The van der Waals surface area contributed by atoms with Gasteiger partial charge in [-0.05, 0) is 36.6 Å². The zero-order valence-corrected chi connectivity index (χ0v) is 14.3. The van der Waals surface area contributed by atoms with Crippen LogP contribution in [0.15, 0.2) is 17.5 Å². The standard InChI is InChI=1S/C17H26N2OS/c1-12(16(2,3)4)19-14(13-8-7-11-21-13)18-17(15(19)20)9-5-6-10-17/h7-8,11-12,14,18H,5-6,9-10H2,1-4H3. The summed E-state index contributed by atoms with van der Waals surface area (Å²) in [5.41, 5.74) is -0.217. The van der Waals surface area contributed by atoms with Gasteiger partial charge in [-0.2, -0.15) is 0 Å². The molecule has 2 aliphatic rings. The van der Waals surface area contributed by atoms with Crippen LogP contribution in [0.25, 0.3) is 0 Å². The molecule has 3 rings (SSSR count). The van der Waals surface area contributed by atoms with Crippen LogP contribution in [0.2, 0.25) is 0 Å². The second-order valence-corrected chi connectivity index (χ2v) is 8.59. The average molecular weight is 306 g/mol. The Morgan fingerprint density at radius 2 is 2.05 bits per heavy atom. The highest BCUT2D eigenvalue weighted by Gasteiger charge is 2.55. The van der Waals surface area contributed by atoms with Crippen LogP contribution in [0.1, 0.15) is 64.4 Å². The summed E-state index contributed by atoms with van der Waals surface area (Å²) in [6.07, 6.45) is 4.34. The Labute approximate surface area is 131 Å². The topological polar surface area (TPSA) is 32.3 Å². The third-order valence-electron chi connectivity index (χ3n) is 5.28. The lowest BCUT2D eigenvalue weighted by molar-refractivity contribution is -0.137. The van der Waals surface area contributed by atoms with E-state index in [0.29, 0.717) is 5.91 Å². The molecule has 0 aromatic carbocycles. The lowest BCUT2D eigenvalue weighted by Gasteiger charge is -2.38. The Bertz CT molecular complexity index is 511. The van der Waals surface area contributed by atoms with Gasteiger partial charge in [0.2, 0.25) is 5.91 Å². The molecule has 0 radical (unpaired) electrons. The zero-order valence-electron chi connectivity index (χ0n) is 13.5. The number of hydrogen-bond acceptors (Lipinski definition) is 3. The number of carbonyl (C=O) groups is 1. The number of hydrogen-bond donors (Lipinski definition) is 1. The van der Waals surface area contributed by atoms with E-state index in [1.165, 1.54) is 4.88 Å². The van der Waals surface area contributed by atoms with E-state index in [9.17, 15) is 4.79 Å². The smallest absolute Gasteiger partial charge is 0.244 e. The first-order valence-electron chi connectivity index (χ1n) is 7.99. The molecule has 21 heavy (non-hydrogen) atoms. The van der Waals surface area contributed by atoms with Crippen molar-refractivity contribution >= 4 is 17.2 Å². The quantitative estimate of drug-likeness (QED) is 0.898. The number of nitrogens with zero attached hydrogens (tertiary/aromatic N) is 1. The number of carbonyl (C=O) groups excluding carboxylic acids is 1. The third kappa shape index (κ3) is 2.42. The molecule has 0 bridgehead atoms. The highest BCUT2D eigenvalue weighted by Crippen LogP contribution is 2.44. The molecule has 3 nitrogen and oxygen atoms in total. The van der Waals surface area contributed by atoms with Crippen molar-refractivity contribution in [3.63, 3.8) is 0 Å². The maximum absolute atomic E-state index is 13.2. The molecule has 2 heterocycles. The molecule has 1 N–H and O–H groups in total. The van der Waals surface area contributed by atoms with Crippen LogP contribution < -0.4 is 5.32 Å². The maximum Gasteiger partial charge on any atom is 0.244 e. The molecule has 1 aliphatic carbocycles. The minimum absolute atomic E-state index is 0.0461. The first-order chi connectivity index (χ1) is 9.85. The van der Waals surface area contributed by atoms with Crippen LogP contribution in [-0.4, -0.2) is 22.4 Å². The Morgan fingerprint density at radius 1 is 1.38 bits per heavy atom. The van der Waals surface area contributed by atoms with E-state index in [4.69, 9.17) is 0 Å². The fraction of sp³-hybridized carbons (Fsp3) is 0.706. The van der Waals surface area contributed by atoms with Gasteiger partial charge in [0, 0.05) is 10.9 Å². The number of thiophene rings is 1. The monoisotopic (exact) mass is 306 g/mol. The van der Waals surface area contributed by atoms with Gasteiger partial charge in [-0.1, -0.05) is 39.7 Å². The van der Waals surface area contributed by atoms with Crippen molar-refractivity contribution < 1.29 is 4.79 Å². The Kier molecular flexibility index (Phi) is 3.65. The normalized spacial score (nSPS) is 26.8. The van der Waals surface area contributed by atoms with Crippen molar-refractivity contribution in [3.05, 3.63) is 22.4 Å². The molecule has 116 valence electrons. The van der Waals surface area contributed by atoms with E-state index < -0.39 is 0 Å². The van der Waals surface area contributed by atoms with Crippen LogP contribution in [0.5, 0.6) is 0 Å². The highest BCUT2D eigenvalue weighted by atomic mass is 32.1. The predicted molar refractivity (Wildman–Crippen MR) is 87.2 cm³/mol. The Hall–Kier alpha value is -0.870. The fourth-order valence-corrected chi connectivity index (χ4v) is 4.34. The molecule has 1 saturated heterocycles. The van der Waals surface area contributed by atoms with E-state index >= 15 is 0 Å². The zero-order chi connectivity index (χ0) is 15.3. The molecule has 2 atom stereocenters. The summed E-state index contributed by atoms with van der Waals surface area (Å²) in [5.74, 6) is 0.320. The van der Waals surface area contributed by atoms with Crippen molar-refractivity contribution in [2.45, 2.75) is 71.1 Å². The predicted octanol–water partition coefficient (Wildman–Crippen LogP) is 3.93. The summed E-state index contributed by atoms with van der Waals surface area (Å²) >= 11 is 1.74. The Balaban J connectivity index is 1.98. The summed E-state index contributed by atoms with van der Waals surface area (Å²) in [5, 5.41) is 5.81. The number of amides is 1. The van der Waals surface area contributed by atoms with E-state index in [-0.39, 0.29) is 23.2 Å². The minimum Gasteiger partial charge on any atom is -0.317 e. The third-order valence-corrected chi connectivity index (χ3v) is 6.20. The molecule has 2 unspecified atom stereocenters. The summed E-state index contributed by atoms with van der Waals surface area (Å²) in [6, 6.07) is 4.43.